The van der Waals surface area contributed by atoms with Gasteiger partial charge in [0, 0.05) is 30.5 Å². The third kappa shape index (κ3) is 4.20. The van der Waals surface area contributed by atoms with Crippen molar-refractivity contribution in [2.45, 2.75) is 13.8 Å². The van der Waals surface area contributed by atoms with Crippen LogP contribution < -0.4 is 0 Å². The molecule has 2 heterocycles. The first-order valence-electron chi connectivity index (χ1n) is 14.8. The zero-order chi connectivity index (χ0) is 29.9. The highest BCUT2D eigenvalue weighted by Gasteiger charge is 2.15. The Kier molecular flexibility index (Phi) is 6.58. The van der Waals surface area contributed by atoms with Crippen LogP contribution in [0.1, 0.15) is 13.8 Å². The van der Waals surface area contributed by atoms with Crippen LogP contribution in [0.4, 0.5) is 0 Å². The molecule has 212 valence electrons. The van der Waals surface area contributed by atoms with Crippen molar-refractivity contribution >= 4 is 97.3 Å². The number of halogens is 2. The van der Waals surface area contributed by atoms with E-state index in [1.54, 1.807) is 0 Å². The minimum atomic E-state index is 0.909. The van der Waals surface area contributed by atoms with E-state index in [1.165, 1.54) is 32.7 Å². The number of hydrogen-bond acceptors (Lipinski definition) is 2. The van der Waals surface area contributed by atoms with Crippen LogP contribution in [0, 0.1) is 0 Å². The van der Waals surface area contributed by atoms with Crippen LogP contribution in [0.5, 0.6) is 0 Å². The number of fused-ring (bicyclic) bond motifs is 8. The molecular formula is C40H26Br2O2. The summed E-state index contributed by atoms with van der Waals surface area (Å²) in [7, 11) is 0. The molecule has 44 heavy (non-hydrogen) atoms. The average molecular weight is 698 g/mol. The smallest absolute Gasteiger partial charge is 0.135 e. The average Bonchev–Trinajstić information content (AvgIpc) is 3.65. The highest BCUT2D eigenvalue weighted by atomic mass is 79.9. The van der Waals surface area contributed by atoms with Gasteiger partial charge in [-0.2, -0.15) is 0 Å². The SMILES string of the molecule is Brc1c2ccc(-c3ccc4oc5ccccc5c4c3)cc2c(Br)c2ccc(-c3ccc4oc5ccccc5c4c3)cc12.CC. The summed E-state index contributed by atoms with van der Waals surface area (Å²) in [4.78, 5) is 0. The summed E-state index contributed by atoms with van der Waals surface area (Å²) in [5, 5.41) is 9.23. The van der Waals surface area contributed by atoms with E-state index in [-0.39, 0.29) is 0 Å². The Balaban J connectivity index is 0.00000142. The lowest BCUT2D eigenvalue weighted by atomic mass is 9.95. The number of furan rings is 2. The second-order valence-corrected chi connectivity index (χ2v) is 12.4. The largest absolute Gasteiger partial charge is 0.456 e. The second-order valence-electron chi connectivity index (χ2n) is 10.8. The third-order valence-corrected chi connectivity index (χ3v) is 10.1. The number of rotatable bonds is 2. The molecule has 0 fully saturated rings. The predicted molar refractivity (Wildman–Crippen MR) is 194 cm³/mol. The lowest BCUT2D eigenvalue weighted by Gasteiger charge is -2.13. The molecule has 2 nitrogen and oxygen atoms in total. The fourth-order valence-corrected chi connectivity index (χ4v) is 7.64. The van der Waals surface area contributed by atoms with Crippen molar-refractivity contribution in [2.24, 2.45) is 0 Å². The Bertz CT molecular complexity index is 2370. The molecule has 4 heteroatoms. The Morgan fingerprint density at radius 2 is 0.682 bits per heavy atom. The lowest BCUT2D eigenvalue weighted by Crippen LogP contribution is -1.87. The number of para-hydroxylation sites is 2. The van der Waals surface area contributed by atoms with Gasteiger partial charge in [0.15, 0.2) is 0 Å². The van der Waals surface area contributed by atoms with Gasteiger partial charge >= 0.3 is 0 Å². The van der Waals surface area contributed by atoms with E-state index in [0.717, 1.165) is 63.9 Å². The van der Waals surface area contributed by atoms with E-state index in [4.69, 9.17) is 8.83 Å². The number of benzene rings is 7. The van der Waals surface area contributed by atoms with Crippen molar-refractivity contribution in [2.75, 3.05) is 0 Å². The normalized spacial score (nSPS) is 11.6. The van der Waals surface area contributed by atoms with E-state index in [2.05, 4.69) is 129 Å². The van der Waals surface area contributed by atoms with Gasteiger partial charge < -0.3 is 8.83 Å². The van der Waals surface area contributed by atoms with E-state index in [9.17, 15) is 0 Å². The van der Waals surface area contributed by atoms with Crippen molar-refractivity contribution in [3.8, 4) is 22.3 Å². The Hall–Kier alpha value is -4.38. The Morgan fingerprint density at radius 3 is 1.11 bits per heavy atom. The van der Waals surface area contributed by atoms with Gasteiger partial charge in [-0.05, 0) is 124 Å². The summed E-state index contributed by atoms with van der Waals surface area (Å²) in [6, 6.07) is 42.7. The Labute approximate surface area is 271 Å². The molecule has 0 amide bonds. The molecule has 0 saturated carbocycles. The highest BCUT2D eigenvalue weighted by molar-refractivity contribution is 9.11. The van der Waals surface area contributed by atoms with E-state index < -0.39 is 0 Å². The number of hydrogen-bond donors (Lipinski definition) is 0. The molecule has 2 aromatic heterocycles. The fraction of sp³-hybridized carbons (Fsp3) is 0.0500. The molecule has 0 aliphatic rings. The van der Waals surface area contributed by atoms with Gasteiger partial charge in [0.05, 0.1) is 0 Å². The maximum Gasteiger partial charge on any atom is 0.135 e. The van der Waals surface area contributed by atoms with E-state index in [1.807, 2.05) is 38.1 Å². The van der Waals surface area contributed by atoms with Crippen LogP contribution in [-0.4, -0.2) is 0 Å². The molecule has 0 unspecified atom stereocenters. The van der Waals surface area contributed by atoms with Gasteiger partial charge in [-0.25, -0.2) is 0 Å². The summed E-state index contributed by atoms with van der Waals surface area (Å²) in [5.74, 6) is 0. The van der Waals surface area contributed by atoms with Gasteiger partial charge in [0.2, 0.25) is 0 Å². The molecule has 9 rings (SSSR count). The quantitative estimate of drug-likeness (QED) is 0.168. The first kappa shape index (κ1) is 27.2. The molecule has 0 aliphatic carbocycles. The minimum Gasteiger partial charge on any atom is -0.456 e. The summed E-state index contributed by atoms with van der Waals surface area (Å²) < 4.78 is 14.3. The maximum atomic E-state index is 6.06. The molecule has 0 bridgehead atoms. The summed E-state index contributed by atoms with van der Waals surface area (Å²) in [6.45, 7) is 4.00. The van der Waals surface area contributed by atoms with Crippen molar-refractivity contribution < 1.29 is 8.83 Å². The Morgan fingerprint density at radius 1 is 0.341 bits per heavy atom. The summed E-state index contributed by atoms with van der Waals surface area (Å²) in [5.41, 5.74) is 8.31. The van der Waals surface area contributed by atoms with Crippen molar-refractivity contribution in [1.82, 2.24) is 0 Å². The third-order valence-electron chi connectivity index (χ3n) is 8.41. The van der Waals surface area contributed by atoms with E-state index >= 15 is 0 Å². The zero-order valence-corrected chi connectivity index (χ0v) is 27.3. The van der Waals surface area contributed by atoms with Gasteiger partial charge in [-0.3, -0.25) is 0 Å². The molecule has 0 saturated heterocycles. The standard InChI is InChI=1S/C38H20Br2O2.C2H6/c39-37-28-14-10-22(24-12-16-36-30(18-24)26-6-2-4-8-34(26)42-36)20-32(28)38(40)27-13-9-21(19-31(27)37)23-11-15-35-29(17-23)25-5-1-3-7-33(25)41-35;1-2/h1-20H;1-2H3. The first-order chi connectivity index (χ1) is 21.6. The van der Waals surface area contributed by atoms with Gasteiger partial charge in [-0.15, -0.1) is 0 Å². The molecule has 0 aliphatic heterocycles. The first-order valence-corrected chi connectivity index (χ1v) is 16.4. The molecule has 9 aromatic rings. The van der Waals surface area contributed by atoms with Crippen LogP contribution in [0.2, 0.25) is 0 Å². The highest BCUT2D eigenvalue weighted by Crippen LogP contribution is 2.43. The van der Waals surface area contributed by atoms with Crippen LogP contribution in [0.15, 0.2) is 139 Å². The monoisotopic (exact) mass is 696 g/mol. The van der Waals surface area contributed by atoms with E-state index in [0.29, 0.717) is 0 Å². The van der Waals surface area contributed by atoms with Gasteiger partial charge in [0.25, 0.3) is 0 Å². The van der Waals surface area contributed by atoms with Gasteiger partial charge in [-0.1, -0.05) is 86.6 Å². The summed E-state index contributed by atoms with van der Waals surface area (Å²) in [6.07, 6.45) is 0. The van der Waals surface area contributed by atoms with Crippen LogP contribution >= 0.6 is 31.9 Å². The van der Waals surface area contributed by atoms with Gasteiger partial charge in [0.1, 0.15) is 22.3 Å². The molecule has 0 spiro atoms. The fourth-order valence-electron chi connectivity index (χ4n) is 6.30. The molecule has 0 atom stereocenters. The van der Waals surface area contributed by atoms with Crippen LogP contribution in [0.25, 0.3) is 87.7 Å². The molecule has 0 radical (unpaired) electrons. The molecular weight excluding hydrogens is 672 g/mol. The van der Waals surface area contributed by atoms with Crippen molar-refractivity contribution in [3.05, 3.63) is 130 Å². The van der Waals surface area contributed by atoms with Crippen molar-refractivity contribution in [1.29, 1.82) is 0 Å². The topological polar surface area (TPSA) is 26.3 Å². The lowest BCUT2D eigenvalue weighted by molar-refractivity contribution is 0.668. The zero-order valence-electron chi connectivity index (χ0n) is 24.1. The molecule has 7 aromatic carbocycles. The molecule has 0 N–H and O–H groups in total. The van der Waals surface area contributed by atoms with Crippen LogP contribution in [-0.2, 0) is 0 Å². The predicted octanol–water partition coefficient (Wildman–Crippen LogP) is 13.7. The van der Waals surface area contributed by atoms with Crippen LogP contribution in [0.3, 0.4) is 0 Å². The maximum absolute atomic E-state index is 6.06. The second kappa shape index (κ2) is 10.7. The minimum absolute atomic E-state index is 0.909. The van der Waals surface area contributed by atoms with Crippen molar-refractivity contribution in [3.63, 3.8) is 0 Å². The summed E-state index contributed by atoms with van der Waals surface area (Å²) >= 11 is 7.95.